The summed E-state index contributed by atoms with van der Waals surface area (Å²) >= 11 is 3.16. The Kier molecular flexibility index (Phi) is 6.22. The van der Waals surface area contributed by atoms with Crippen molar-refractivity contribution in [2.45, 2.75) is 39.7 Å². The van der Waals surface area contributed by atoms with Gasteiger partial charge in [0.25, 0.3) is 0 Å². The molecule has 1 rings (SSSR count). The van der Waals surface area contributed by atoms with E-state index >= 15 is 0 Å². The first-order valence-electron chi connectivity index (χ1n) is 6.34. The highest BCUT2D eigenvalue weighted by molar-refractivity contribution is 9.10. The van der Waals surface area contributed by atoms with Crippen LogP contribution in [0.4, 0.5) is 8.78 Å². The number of benzene rings is 1. The van der Waals surface area contributed by atoms with E-state index in [0.717, 1.165) is 24.9 Å². The molecule has 0 aliphatic rings. The molecular weight excluding hydrogens is 300 g/mol. The van der Waals surface area contributed by atoms with Crippen molar-refractivity contribution in [3.05, 3.63) is 33.8 Å². The molecule has 0 aliphatic carbocycles. The normalized spacial score (nSPS) is 13.1. The fourth-order valence-corrected chi connectivity index (χ4v) is 2.52. The second-order valence-electron chi connectivity index (χ2n) is 4.90. The van der Waals surface area contributed by atoms with Gasteiger partial charge in [0.2, 0.25) is 0 Å². The SMILES string of the molecule is CCCNC(CC(C)C)c1ccc(F)c(F)c1Br. The summed E-state index contributed by atoms with van der Waals surface area (Å²) in [7, 11) is 0. The van der Waals surface area contributed by atoms with Gasteiger partial charge in [0.15, 0.2) is 11.6 Å². The fraction of sp³-hybridized carbons (Fsp3) is 0.571. The van der Waals surface area contributed by atoms with Crippen LogP contribution in [0.3, 0.4) is 0 Å². The lowest BCUT2D eigenvalue weighted by molar-refractivity contribution is 0.423. The van der Waals surface area contributed by atoms with E-state index in [1.165, 1.54) is 6.07 Å². The van der Waals surface area contributed by atoms with Gasteiger partial charge in [0.1, 0.15) is 0 Å². The Morgan fingerprint density at radius 1 is 1.28 bits per heavy atom. The number of halogens is 3. The molecule has 18 heavy (non-hydrogen) atoms. The van der Waals surface area contributed by atoms with Gasteiger partial charge in [-0.25, -0.2) is 8.78 Å². The molecule has 0 radical (unpaired) electrons. The average molecular weight is 320 g/mol. The maximum Gasteiger partial charge on any atom is 0.173 e. The van der Waals surface area contributed by atoms with Crippen molar-refractivity contribution >= 4 is 15.9 Å². The van der Waals surface area contributed by atoms with Crippen LogP contribution in [0.25, 0.3) is 0 Å². The second-order valence-corrected chi connectivity index (χ2v) is 5.69. The van der Waals surface area contributed by atoms with E-state index in [0.29, 0.717) is 5.92 Å². The third-order valence-electron chi connectivity index (χ3n) is 2.79. The van der Waals surface area contributed by atoms with Crippen LogP contribution in [0.15, 0.2) is 16.6 Å². The van der Waals surface area contributed by atoms with Crippen LogP contribution < -0.4 is 5.32 Å². The topological polar surface area (TPSA) is 12.0 Å². The van der Waals surface area contributed by atoms with Crippen LogP contribution in [0.5, 0.6) is 0 Å². The van der Waals surface area contributed by atoms with Crippen molar-refractivity contribution in [2.24, 2.45) is 5.92 Å². The zero-order valence-corrected chi connectivity index (χ0v) is 12.7. The Labute approximate surface area is 116 Å². The van der Waals surface area contributed by atoms with E-state index in [-0.39, 0.29) is 10.5 Å². The summed E-state index contributed by atoms with van der Waals surface area (Å²) in [6.45, 7) is 7.19. The molecule has 1 nitrogen and oxygen atoms in total. The predicted molar refractivity (Wildman–Crippen MR) is 74.5 cm³/mol. The Balaban J connectivity index is 3.00. The highest BCUT2D eigenvalue weighted by Gasteiger charge is 2.19. The first-order chi connectivity index (χ1) is 8.47. The summed E-state index contributed by atoms with van der Waals surface area (Å²) in [4.78, 5) is 0. The molecule has 1 N–H and O–H groups in total. The molecule has 0 spiro atoms. The van der Waals surface area contributed by atoms with Gasteiger partial charge in [-0.2, -0.15) is 0 Å². The molecule has 102 valence electrons. The molecule has 1 aromatic carbocycles. The predicted octanol–water partition coefficient (Wildman–Crippen LogP) is 4.81. The number of rotatable bonds is 6. The highest BCUT2D eigenvalue weighted by Crippen LogP contribution is 2.31. The monoisotopic (exact) mass is 319 g/mol. The molecule has 0 bridgehead atoms. The minimum absolute atomic E-state index is 0.0504. The zero-order valence-electron chi connectivity index (χ0n) is 11.1. The van der Waals surface area contributed by atoms with Crippen molar-refractivity contribution in [1.82, 2.24) is 5.32 Å². The van der Waals surface area contributed by atoms with E-state index in [1.807, 2.05) is 0 Å². The maximum absolute atomic E-state index is 13.6. The van der Waals surface area contributed by atoms with Crippen LogP contribution >= 0.6 is 15.9 Å². The van der Waals surface area contributed by atoms with E-state index in [1.54, 1.807) is 6.07 Å². The van der Waals surface area contributed by atoms with Crippen LogP contribution in [0.1, 0.15) is 45.2 Å². The van der Waals surface area contributed by atoms with Gasteiger partial charge in [0.05, 0.1) is 4.47 Å². The summed E-state index contributed by atoms with van der Waals surface area (Å²) in [5, 5.41) is 3.39. The zero-order chi connectivity index (χ0) is 13.7. The molecule has 0 amide bonds. The molecule has 0 saturated heterocycles. The fourth-order valence-electron chi connectivity index (χ4n) is 1.92. The van der Waals surface area contributed by atoms with E-state index in [2.05, 4.69) is 42.0 Å². The van der Waals surface area contributed by atoms with Crippen LogP contribution in [-0.2, 0) is 0 Å². The van der Waals surface area contributed by atoms with E-state index in [4.69, 9.17) is 0 Å². The number of nitrogens with one attached hydrogen (secondary N) is 1. The summed E-state index contributed by atoms with van der Waals surface area (Å²) < 4.78 is 26.9. The Bertz CT molecular complexity index is 394. The molecule has 0 fully saturated rings. The lowest BCUT2D eigenvalue weighted by Crippen LogP contribution is -2.24. The molecule has 0 aliphatic heterocycles. The minimum Gasteiger partial charge on any atom is -0.310 e. The number of hydrogen-bond donors (Lipinski definition) is 1. The molecular formula is C14H20BrF2N. The molecule has 4 heteroatoms. The third-order valence-corrected chi connectivity index (χ3v) is 3.59. The van der Waals surface area contributed by atoms with Gasteiger partial charge in [-0.1, -0.05) is 26.8 Å². The lowest BCUT2D eigenvalue weighted by atomic mass is 9.96. The van der Waals surface area contributed by atoms with Crippen LogP contribution in [-0.4, -0.2) is 6.54 Å². The van der Waals surface area contributed by atoms with Crippen molar-refractivity contribution < 1.29 is 8.78 Å². The van der Waals surface area contributed by atoms with Crippen molar-refractivity contribution in [3.8, 4) is 0 Å². The molecule has 1 unspecified atom stereocenters. The van der Waals surface area contributed by atoms with Crippen LogP contribution in [0, 0.1) is 17.6 Å². The minimum atomic E-state index is -0.815. The van der Waals surface area contributed by atoms with Crippen LogP contribution in [0.2, 0.25) is 0 Å². The standard InChI is InChI=1S/C14H20BrF2N/c1-4-7-18-12(8-9(2)3)10-5-6-11(16)14(17)13(10)15/h5-6,9,12,18H,4,7-8H2,1-3H3. The van der Waals surface area contributed by atoms with Gasteiger partial charge >= 0.3 is 0 Å². The Morgan fingerprint density at radius 3 is 2.50 bits per heavy atom. The van der Waals surface area contributed by atoms with Gasteiger partial charge in [0, 0.05) is 6.04 Å². The lowest BCUT2D eigenvalue weighted by Gasteiger charge is -2.22. The summed E-state index contributed by atoms with van der Waals surface area (Å²) in [6, 6.07) is 2.89. The molecule has 0 heterocycles. The summed E-state index contributed by atoms with van der Waals surface area (Å²) in [5.74, 6) is -1.14. The molecule has 0 saturated carbocycles. The van der Waals surface area contributed by atoms with Gasteiger partial charge in [-0.15, -0.1) is 0 Å². The Hall–Kier alpha value is -0.480. The van der Waals surface area contributed by atoms with Crippen molar-refractivity contribution in [3.63, 3.8) is 0 Å². The van der Waals surface area contributed by atoms with Crippen molar-refractivity contribution in [1.29, 1.82) is 0 Å². The number of hydrogen-bond acceptors (Lipinski definition) is 1. The van der Waals surface area contributed by atoms with E-state index in [9.17, 15) is 8.78 Å². The molecule has 1 aromatic rings. The van der Waals surface area contributed by atoms with E-state index < -0.39 is 11.6 Å². The van der Waals surface area contributed by atoms with Gasteiger partial charge in [-0.05, 0) is 52.9 Å². The average Bonchev–Trinajstić information content (AvgIpc) is 2.31. The smallest absolute Gasteiger partial charge is 0.173 e. The summed E-state index contributed by atoms with van der Waals surface area (Å²) in [6.07, 6.45) is 1.90. The second kappa shape index (κ2) is 7.19. The highest BCUT2D eigenvalue weighted by atomic mass is 79.9. The molecule has 0 aromatic heterocycles. The summed E-state index contributed by atoms with van der Waals surface area (Å²) in [5.41, 5.74) is 0.788. The Morgan fingerprint density at radius 2 is 1.94 bits per heavy atom. The van der Waals surface area contributed by atoms with Gasteiger partial charge < -0.3 is 5.32 Å². The first-order valence-corrected chi connectivity index (χ1v) is 7.13. The van der Waals surface area contributed by atoms with Crippen molar-refractivity contribution in [2.75, 3.05) is 6.54 Å². The largest absolute Gasteiger partial charge is 0.310 e. The quantitative estimate of drug-likeness (QED) is 0.742. The molecule has 1 atom stereocenters. The third kappa shape index (κ3) is 4.02. The first kappa shape index (κ1) is 15.6. The van der Waals surface area contributed by atoms with Gasteiger partial charge in [-0.3, -0.25) is 0 Å². The maximum atomic E-state index is 13.6.